The van der Waals surface area contributed by atoms with Crippen molar-refractivity contribution in [2.45, 2.75) is 18.9 Å². The molecule has 0 radical (unpaired) electrons. The number of hydrogen-bond acceptors (Lipinski definition) is 4. The summed E-state index contributed by atoms with van der Waals surface area (Å²) in [6, 6.07) is 14.0. The fraction of sp³-hybridized carbons (Fsp3) is 0.250. The van der Waals surface area contributed by atoms with Crippen molar-refractivity contribution >= 4 is 38.9 Å². The average Bonchev–Trinajstić information content (AvgIpc) is 3.14. The van der Waals surface area contributed by atoms with Crippen LogP contribution in [0.5, 0.6) is 0 Å². The normalized spacial score (nSPS) is 22.4. The Labute approximate surface area is 154 Å². The second-order valence-corrected chi connectivity index (χ2v) is 7.28. The molecule has 0 saturated carbocycles. The van der Waals surface area contributed by atoms with Crippen molar-refractivity contribution in [3.8, 4) is 0 Å². The molecular formula is C20H17BrN2O2. The predicted octanol–water partition coefficient (Wildman–Crippen LogP) is 4.07. The lowest BCUT2D eigenvalue weighted by Gasteiger charge is -2.31. The molecule has 1 unspecified atom stereocenters. The van der Waals surface area contributed by atoms with E-state index in [9.17, 15) is 9.59 Å². The third kappa shape index (κ3) is 2.98. The van der Waals surface area contributed by atoms with E-state index in [-0.39, 0.29) is 11.6 Å². The van der Waals surface area contributed by atoms with Crippen LogP contribution in [0.15, 0.2) is 58.0 Å². The van der Waals surface area contributed by atoms with Crippen molar-refractivity contribution in [3.05, 3.63) is 64.1 Å². The first-order valence-electron chi connectivity index (χ1n) is 8.41. The van der Waals surface area contributed by atoms with Crippen molar-refractivity contribution < 1.29 is 9.59 Å². The Hall–Kier alpha value is -2.11. The molecule has 0 N–H and O–H groups in total. The second kappa shape index (κ2) is 6.65. The topological polar surface area (TPSA) is 49.7 Å². The van der Waals surface area contributed by atoms with Gasteiger partial charge in [0.25, 0.3) is 0 Å². The number of fused-ring (bicyclic) bond motifs is 1. The molecule has 1 aliphatic carbocycles. The molecule has 1 heterocycles. The van der Waals surface area contributed by atoms with Gasteiger partial charge in [0.15, 0.2) is 5.78 Å². The van der Waals surface area contributed by atoms with Crippen LogP contribution in [-0.2, 0) is 0 Å². The third-order valence-corrected chi connectivity index (χ3v) is 5.23. The van der Waals surface area contributed by atoms with E-state index in [0.29, 0.717) is 22.5 Å². The van der Waals surface area contributed by atoms with E-state index in [2.05, 4.69) is 25.8 Å². The molecule has 0 amide bonds. The minimum atomic E-state index is -0.580. The van der Waals surface area contributed by atoms with Gasteiger partial charge in [0.2, 0.25) is 5.78 Å². The number of carbonyl (C=O) groups excluding carboxylic acids is 2. The number of likely N-dealkylation sites (tertiary alicyclic amines) is 1. The summed E-state index contributed by atoms with van der Waals surface area (Å²) in [5.74, 6) is -0.169. The van der Waals surface area contributed by atoms with Gasteiger partial charge in [-0.1, -0.05) is 46.3 Å². The van der Waals surface area contributed by atoms with Crippen molar-refractivity contribution in [1.82, 2.24) is 4.90 Å². The number of Topliss-reactive ketones (excluding diaryl/α,β-unsaturated/α-hetero) is 2. The number of nitrogens with zero attached hydrogens (tertiary/aromatic N) is 2. The zero-order chi connectivity index (χ0) is 17.4. The molecule has 1 saturated heterocycles. The van der Waals surface area contributed by atoms with Gasteiger partial charge < -0.3 is 0 Å². The zero-order valence-electron chi connectivity index (χ0n) is 13.6. The summed E-state index contributed by atoms with van der Waals surface area (Å²) in [6.45, 7) is 1.65. The molecule has 2 aromatic carbocycles. The van der Waals surface area contributed by atoms with Crippen molar-refractivity contribution in [2.24, 2.45) is 4.99 Å². The number of ketones is 2. The van der Waals surface area contributed by atoms with Crippen LogP contribution < -0.4 is 0 Å². The summed E-state index contributed by atoms with van der Waals surface area (Å²) in [5.41, 5.74) is 1.98. The Bertz CT molecular complexity index is 885. The Balaban J connectivity index is 1.86. The lowest BCUT2D eigenvalue weighted by molar-refractivity contribution is 0.0873. The maximum atomic E-state index is 13.1. The van der Waals surface area contributed by atoms with Crippen LogP contribution in [0.4, 0.5) is 5.69 Å². The Morgan fingerprint density at radius 2 is 1.68 bits per heavy atom. The van der Waals surface area contributed by atoms with Crippen molar-refractivity contribution in [3.63, 3.8) is 0 Å². The molecule has 126 valence electrons. The fourth-order valence-corrected chi connectivity index (χ4v) is 3.95. The maximum absolute atomic E-state index is 13.1. The number of aliphatic imine (C=N–C) groups is 1. The lowest BCUT2D eigenvalue weighted by atomic mass is 9.83. The number of rotatable bonds is 2. The molecule has 0 bridgehead atoms. The predicted molar refractivity (Wildman–Crippen MR) is 101 cm³/mol. The number of carbonyl (C=O) groups is 2. The lowest BCUT2D eigenvalue weighted by Crippen LogP contribution is -2.51. The van der Waals surface area contributed by atoms with E-state index in [1.54, 1.807) is 18.2 Å². The van der Waals surface area contributed by atoms with Crippen LogP contribution in [0.25, 0.3) is 0 Å². The van der Waals surface area contributed by atoms with Crippen molar-refractivity contribution in [1.29, 1.82) is 0 Å². The first kappa shape index (κ1) is 16.4. The van der Waals surface area contributed by atoms with E-state index >= 15 is 0 Å². The summed E-state index contributed by atoms with van der Waals surface area (Å²) in [5, 5.41) is 0. The quantitative estimate of drug-likeness (QED) is 0.768. The molecule has 5 heteroatoms. The summed E-state index contributed by atoms with van der Waals surface area (Å²) in [4.78, 5) is 32.9. The Morgan fingerprint density at radius 1 is 0.960 bits per heavy atom. The third-order valence-electron chi connectivity index (χ3n) is 4.74. The molecule has 2 aromatic rings. The first-order chi connectivity index (χ1) is 12.1. The zero-order valence-corrected chi connectivity index (χ0v) is 15.2. The van der Waals surface area contributed by atoms with Crippen molar-refractivity contribution in [2.75, 3.05) is 13.1 Å². The van der Waals surface area contributed by atoms with Gasteiger partial charge in [0.05, 0.1) is 5.69 Å². The SMILES string of the molecule is O=C1C(=Nc2cccc(Br)c2)C(N2CCCC2)C(=O)c2ccccc21. The molecule has 25 heavy (non-hydrogen) atoms. The highest BCUT2D eigenvalue weighted by Gasteiger charge is 2.42. The van der Waals surface area contributed by atoms with Gasteiger partial charge in [-0.05, 0) is 44.1 Å². The molecule has 1 fully saturated rings. The van der Waals surface area contributed by atoms with E-state index in [1.165, 1.54) is 0 Å². The molecule has 2 aliphatic rings. The van der Waals surface area contributed by atoms with E-state index in [1.807, 2.05) is 30.3 Å². The molecule has 0 aromatic heterocycles. The van der Waals surface area contributed by atoms with Gasteiger partial charge in [0, 0.05) is 15.6 Å². The van der Waals surface area contributed by atoms with Gasteiger partial charge in [-0.15, -0.1) is 0 Å². The molecule has 0 spiro atoms. The first-order valence-corrected chi connectivity index (χ1v) is 9.20. The smallest absolute Gasteiger partial charge is 0.210 e. The molecule has 4 nitrogen and oxygen atoms in total. The Kier molecular flexibility index (Phi) is 4.36. The standard InChI is InChI=1S/C20H17BrN2O2/c21-13-6-5-7-14(12-13)22-17-18(23-10-3-4-11-23)20(25)16-9-2-1-8-15(16)19(17)24/h1-2,5-9,12,18H,3-4,10-11H2. The van der Waals surface area contributed by atoms with Gasteiger partial charge >= 0.3 is 0 Å². The number of halogens is 1. The van der Waals surface area contributed by atoms with E-state index in [4.69, 9.17) is 0 Å². The molecule has 4 rings (SSSR count). The van der Waals surface area contributed by atoms with Gasteiger partial charge in [-0.25, -0.2) is 4.99 Å². The van der Waals surface area contributed by atoms with Gasteiger partial charge in [-0.3, -0.25) is 14.5 Å². The summed E-state index contributed by atoms with van der Waals surface area (Å²) >= 11 is 3.43. The van der Waals surface area contributed by atoms with Crippen LogP contribution in [-0.4, -0.2) is 41.3 Å². The number of hydrogen-bond donors (Lipinski definition) is 0. The highest BCUT2D eigenvalue weighted by atomic mass is 79.9. The number of benzene rings is 2. The minimum absolute atomic E-state index is 0.0224. The van der Waals surface area contributed by atoms with Crippen LogP contribution in [0.2, 0.25) is 0 Å². The molecule has 1 atom stereocenters. The van der Waals surface area contributed by atoms with Crippen LogP contribution in [0.1, 0.15) is 33.6 Å². The summed E-state index contributed by atoms with van der Waals surface area (Å²) in [7, 11) is 0. The second-order valence-electron chi connectivity index (χ2n) is 6.36. The fourth-order valence-electron chi connectivity index (χ4n) is 3.56. The van der Waals surface area contributed by atoms with Crippen LogP contribution in [0, 0.1) is 0 Å². The average molecular weight is 397 g/mol. The van der Waals surface area contributed by atoms with Crippen LogP contribution >= 0.6 is 15.9 Å². The highest BCUT2D eigenvalue weighted by molar-refractivity contribution is 9.10. The maximum Gasteiger partial charge on any atom is 0.210 e. The van der Waals surface area contributed by atoms with E-state index < -0.39 is 6.04 Å². The minimum Gasteiger partial charge on any atom is -0.292 e. The van der Waals surface area contributed by atoms with Gasteiger partial charge in [-0.2, -0.15) is 0 Å². The summed E-state index contributed by atoms with van der Waals surface area (Å²) in [6.07, 6.45) is 2.09. The largest absolute Gasteiger partial charge is 0.292 e. The molecular weight excluding hydrogens is 380 g/mol. The molecule has 1 aliphatic heterocycles. The van der Waals surface area contributed by atoms with E-state index in [0.717, 1.165) is 30.4 Å². The highest BCUT2D eigenvalue weighted by Crippen LogP contribution is 2.28. The summed E-state index contributed by atoms with van der Waals surface area (Å²) < 4.78 is 0.891. The Morgan fingerprint density at radius 3 is 2.40 bits per heavy atom. The van der Waals surface area contributed by atoms with Gasteiger partial charge in [0.1, 0.15) is 11.8 Å². The van der Waals surface area contributed by atoms with Crippen LogP contribution in [0.3, 0.4) is 0 Å². The monoisotopic (exact) mass is 396 g/mol.